The first-order valence-electron chi connectivity index (χ1n) is 16.8. The van der Waals surface area contributed by atoms with E-state index in [9.17, 15) is 16.8 Å². The van der Waals surface area contributed by atoms with E-state index >= 15 is 0 Å². The maximum atomic E-state index is 12.5. The van der Waals surface area contributed by atoms with Crippen molar-refractivity contribution in [2.75, 3.05) is 11.1 Å². The Hall–Kier alpha value is -4.22. The number of aromatic nitrogens is 13. The summed E-state index contributed by atoms with van der Waals surface area (Å²) >= 11 is 35.6. The number of anilines is 3. The van der Waals surface area contributed by atoms with Gasteiger partial charge in [-0.1, -0.05) is 57.5 Å². The van der Waals surface area contributed by atoms with Gasteiger partial charge in [-0.25, -0.2) is 31.8 Å². The van der Waals surface area contributed by atoms with E-state index in [1.165, 1.54) is 77.7 Å². The fourth-order valence-electron chi connectivity index (χ4n) is 3.99. The maximum absolute atomic E-state index is 12.5. The summed E-state index contributed by atoms with van der Waals surface area (Å²) in [5.41, 5.74) is 10.7. The van der Waals surface area contributed by atoms with Crippen LogP contribution in [-0.2, 0) is 19.7 Å². The van der Waals surface area contributed by atoms with E-state index in [0.29, 0.717) is 40.6 Å². The number of thiol groups is 1. The van der Waals surface area contributed by atoms with Gasteiger partial charge in [0.15, 0.2) is 5.82 Å². The molecule has 0 saturated heterocycles. The monoisotopic (exact) mass is 1170 g/mol. The molecule has 0 aliphatic rings. The highest BCUT2D eigenvalue weighted by atomic mass is 79.9. The molecule has 19 nitrogen and oxygen atoms in total. The van der Waals surface area contributed by atoms with Crippen molar-refractivity contribution < 1.29 is 16.8 Å². The third-order valence-electron chi connectivity index (χ3n) is 7.03. The molecular formula is C34H27Br2Cl4N15O4S5. The predicted molar refractivity (Wildman–Crippen MR) is 254 cm³/mol. The van der Waals surface area contributed by atoms with Crippen molar-refractivity contribution in [1.29, 1.82) is 0 Å². The molecule has 3 aromatic carbocycles. The molecule has 0 atom stereocenters. The van der Waals surface area contributed by atoms with Crippen molar-refractivity contribution in [3.63, 3.8) is 0 Å². The summed E-state index contributed by atoms with van der Waals surface area (Å²) in [6.07, 6.45) is 4.03. The molecule has 8 rings (SSSR count). The Morgan fingerprint density at radius 3 is 1.44 bits per heavy atom. The number of nitrogens with one attached hydrogen (secondary N) is 1. The van der Waals surface area contributed by atoms with Crippen LogP contribution in [0.1, 0.15) is 16.7 Å². The van der Waals surface area contributed by atoms with Crippen LogP contribution in [0, 0.1) is 20.8 Å². The van der Waals surface area contributed by atoms with Gasteiger partial charge in [-0.2, -0.15) is 0 Å². The Morgan fingerprint density at radius 2 is 1.08 bits per heavy atom. The van der Waals surface area contributed by atoms with E-state index in [1.807, 2.05) is 25.1 Å². The van der Waals surface area contributed by atoms with Crippen molar-refractivity contribution >= 4 is 149 Å². The molecule has 0 unspecified atom stereocenters. The Labute approximate surface area is 415 Å². The first-order valence-corrected chi connectivity index (χ1v) is 25.1. The van der Waals surface area contributed by atoms with E-state index in [1.54, 1.807) is 24.9 Å². The number of sulfone groups is 2. The third-order valence-corrected chi connectivity index (χ3v) is 13.7. The average molecular weight is 1170 g/mol. The van der Waals surface area contributed by atoms with Gasteiger partial charge in [0, 0.05) is 20.0 Å². The van der Waals surface area contributed by atoms with Crippen LogP contribution in [0.4, 0.5) is 16.1 Å². The van der Waals surface area contributed by atoms with Gasteiger partial charge in [0.2, 0.25) is 35.2 Å². The van der Waals surface area contributed by atoms with Crippen molar-refractivity contribution in [3.8, 4) is 0 Å². The standard InChI is InChI=1S/C12H9ClN6O2S2.C10H7BrClN3O2S.C7H7ClS.C3HBrClN3.C2H3N3S/c1-7-4-8(2-3-9(7)13)23(20,21)12-14-5-10(17-19-12)16-11-18-15-6-22-11;1-6-4-7(2-3-8(6)12)18(16,17)10-13-5-9(11)14-15-10;1-5-4-6(9)2-3-7(5)8;4-2-1-6-3(5)8-7-2;3-2-5-4-1-6-2/h2-6H,1H3,(H,16,17,18);2-5H,1H3;2-4,9H,1H3;1H;1H,(H2,3,5). The van der Waals surface area contributed by atoms with Gasteiger partial charge < -0.3 is 11.1 Å². The first-order chi connectivity index (χ1) is 30.3. The minimum atomic E-state index is -3.85. The zero-order valence-corrected chi connectivity index (χ0v) is 42.8. The van der Waals surface area contributed by atoms with Gasteiger partial charge in [-0.3, -0.25) is 0 Å². The number of nitrogens with two attached hydrogens (primary N) is 1. The minimum absolute atomic E-state index is 0.0611. The molecule has 8 aromatic rings. The number of aryl methyl sites for hydroxylation is 3. The van der Waals surface area contributed by atoms with Gasteiger partial charge in [-0.05, 0) is 136 Å². The molecule has 0 aliphatic heterocycles. The number of benzene rings is 3. The molecule has 0 spiro atoms. The third kappa shape index (κ3) is 16.3. The van der Waals surface area contributed by atoms with Crippen molar-refractivity contribution in [2.24, 2.45) is 0 Å². The van der Waals surface area contributed by atoms with Crippen LogP contribution in [0.15, 0.2) is 118 Å². The van der Waals surface area contributed by atoms with E-state index in [-0.39, 0.29) is 31.2 Å². The Kier molecular flexibility index (Phi) is 20.4. The van der Waals surface area contributed by atoms with Crippen LogP contribution >= 0.6 is 114 Å². The molecule has 334 valence electrons. The highest BCUT2D eigenvalue weighted by Gasteiger charge is 2.23. The lowest BCUT2D eigenvalue weighted by Crippen LogP contribution is -2.09. The molecule has 3 N–H and O–H groups in total. The quantitative estimate of drug-likeness (QED) is 0.131. The Balaban J connectivity index is 0.000000192. The number of hydrogen-bond acceptors (Lipinski definition) is 22. The number of rotatable bonds is 6. The van der Waals surface area contributed by atoms with Gasteiger partial charge in [0.25, 0.3) is 10.3 Å². The van der Waals surface area contributed by atoms with Gasteiger partial charge in [0.1, 0.15) is 20.2 Å². The lowest BCUT2D eigenvalue weighted by Gasteiger charge is -2.05. The van der Waals surface area contributed by atoms with Gasteiger partial charge >= 0.3 is 0 Å². The molecule has 0 bridgehead atoms. The van der Waals surface area contributed by atoms with Crippen molar-refractivity contribution in [3.05, 3.63) is 130 Å². The van der Waals surface area contributed by atoms with Crippen LogP contribution in [0.5, 0.6) is 0 Å². The molecule has 30 heteroatoms. The molecule has 0 fully saturated rings. The summed E-state index contributed by atoms with van der Waals surface area (Å²) in [7, 11) is -7.61. The molecule has 64 heavy (non-hydrogen) atoms. The summed E-state index contributed by atoms with van der Waals surface area (Å²) in [5, 5.41) is 41.0. The Morgan fingerprint density at radius 1 is 0.594 bits per heavy atom. The normalized spacial score (nSPS) is 10.7. The molecular weight excluding hydrogens is 1140 g/mol. The molecule has 0 aliphatic carbocycles. The predicted octanol–water partition coefficient (Wildman–Crippen LogP) is 9.03. The summed E-state index contributed by atoms with van der Waals surface area (Å²) in [5.74, 6) is 0.271. The van der Waals surface area contributed by atoms with Crippen LogP contribution in [0.2, 0.25) is 20.4 Å². The van der Waals surface area contributed by atoms with Crippen molar-refractivity contribution in [1.82, 2.24) is 65.9 Å². The molecule has 5 aromatic heterocycles. The lowest BCUT2D eigenvalue weighted by atomic mass is 10.2. The summed E-state index contributed by atoms with van der Waals surface area (Å²) in [6, 6.07) is 14.5. The Bertz CT molecular complexity index is 2950. The fraction of sp³-hybridized carbons (Fsp3) is 0.0882. The minimum Gasteiger partial charge on any atom is -0.374 e. The second-order valence-corrected chi connectivity index (χ2v) is 20.7. The van der Waals surface area contributed by atoms with Crippen LogP contribution in [0.25, 0.3) is 0 Å². The lowest BCUT2D eigenvalue weighted by molar-refractivity contribution is 0.581. The fourth-order valence-corrected chi connectivity index (χ4v) is 8.07. The van der Waals surface area contributed by atoms with Gasteiger partial charge in [-0.15, -0.1) is 63.6 Å². The molecule has 0 saturated carbocycles. The SMILES string of the molecule is Cc1cc(S(=O)(=O)c2ncc(Br)nn2)ccc1Cl.Cc1cc(S(=O)(=O)c2ncc(Nc3nncs3)nn2)ccc1Cl.Cc1cc(S)ccc1Cl.Clc1ncc(Br)nn1.Nc1nncs1. The number of halogens is 6. The molecule has 5 heterocycles. The van der Waals surface area contributed by atoms with Gasteiger partial charge in [0.05, 0.1) is 28.4 Å². The highest BCUT2D eigenvalue weighted by Crippen LogP contribution is 2.25. The zero-order valence-electron chi connectivity index (χ0n) is 32.5. The summed E-state index contributed by atoms with van der Waals surface area (Å²) in [6.45, 7) is 5.40. The summed E-state index contributed by atoms with van der Waals surface area (Å²) in [4.78, 5) is 12.3. The van der Waals surface area contributed by atoms with E-state index in [4.69, 9.17) is 52.1 Å². The zero-order chi connectivity index (χ0) is 47.0. The topological polar surface area (TPSA) is 274 Å². The first kappa shape index (κ1) is 52.4. The van der Waals surface area contributed by atoms with E-state index < -0.39 is 19.7 Å². The summed E-state index contributed by atoms with van der Waals surface area (Å²) < 4.78 is 50.3. The number of nitrogen functional groups attached to an aromatic ring is 1. The second kappa shape index (κ2) is 24.9. The van der Waals surface area contributed by atoms with Crippen molar-refractivity contribution in [2.45, 2.75) is 45.8 Å². The van der Waals surface area contributed by atoms with E-state index in [2.05, 4.69) is 116 Å². The van der Waals surface area contributed by atoms with Crippen LogP contribution in [-0.4, -0.2) is 82.8 Å². The smallest absolute Gasteiger partial charge is 0.272 e. The van der Waals surface area contributed by atoms with Crippen LogP contribution in [0.3, 0.4) is 0 Å². The second-order valence-electron chi connectivity index (χ2n) is 11.6. The highest BCUT2D eigenvalue weighted by molar-refractivity contribution is 9.10. The number of hydrogen-bond donors (Lipinski definition) is 3. The average Bonchev–Trinajstić information content (AvgIpc) is 3.98. The van der Waals surface area contributed by atoms with E-state index in [0.717, 1.165) is 15.5 Å². The largest absolute Gasteiger partial charge is 0.374 e. The molecule has 0 radical (unpaired) electrons. The maximum Gasteiger partial charge on any atom is 0.272 e. The number of nitrogens with zero attached hydrogens (tertiary/aromatic N) is 13. The van der Waals surface area contributed by atoms with Crippen LogP contribution < -0.4 is 11.1 Å². The molecule has 0 amide bonds.